The van der Waals surface area contributed by atoms with Gasteiger partial charge >= 0.3 is 12.2 Å². The summed E-state index contributed by atoms with van der Waals surface area (Å²) in [6, 6.07) is 0.882. The van der Waals surface area contributed by atoms with Crippen LogP contribution < -0.4 is 10.6 Å². The lowest BCUT2D eigenvalue weighted by molar-refractivity contribution is -0.141. The molecule has 1 aliphatic heterocycles. The minimum Gasteiger partial charge on any atom is -0.381 e. The van der Waals surface area contributed by atoms with E-state index in [-0.39, 0.29) is 30.6 Å². The zero-order valence-electron chi connectivity index (χ0n) is 13.4. The average molecular weight is 346 g/mol. The molecule has 3 rings (SSSR count). The zero-order valence-corrected chi connectivity index (χ0v) is 13.4. The molecule has 24 heavy (non-hydrogen) atoms. The predicted molar refractivity (Wildman–Crippen MR) is 79.4 cm³/mol. The minimum absolute atomic E-state index is 0.171. The van der Waals surface area contributed by atoms with Crippen LogP contribution in [-0.4, -0.2) is 41.6 Å². The monoisotopic (exact) mass is 346 g/mol. The number of hydrogen-bond acceptors (Lipinski definition) is 3. The Morgan fingerprint density at radius 3 is 2.79 bits per heavy atom. The summed E-state index contributed by atoms with van der Waals surface area (Å²) < 4.78 is 44.4. The van der Waals surface area contributed by atoms with Gasteiger partial charge in [-0.15, -0.1) is 0 Å². The Labute approximate surface area is 137 Å². The van der Waals surface area contributed by atoms with E-state index in [1.165, 1.54) is 4.68 Å². The van der Waals surface area contributed by atoms with E-state index in [9.17, 15) is 18.0 Å². The van der Waals surface area contributed by atoms with Crippen molar-refractivity contribution in [2.24, 2.45) is 5.41 Å². The van der Waals surface area contributed by atoms with Crippen molar-refractivity contribution in [3.05, 3.63) is 17.5 Å². The fourth-order valence-electron chi connectivity index (χ4n) is 3.24. The Morgan fingerprint density at radius 2 is 2.17 bits per heavy atom. The molecule has 2 fully saturated rings. The summed E-state index contributed by atoms with van der Waals surface area (Å²) in [6.45, 7) is 3.44. The number of nitrogens with zero attached hydrogens (tertiary/aromatic N) is 2. The number of carbonyl (C=O) groups is 1. The van der Waals surface area contributed by atoms with Gasteiger partial charge in [0.05, 0.1) is 6.54 Å². The van der Waals surface area contributed by atoms with Crippen molar-refractivity contribution >= 4 is 6.03 Å². The Balaban J connectivity index is 1.42. The van der Waals surface area contributed by atoms with Gasteiger partial charge in [-0.3, -0.25) is 4.68 Å². The molecule has 9 heteroatoms. The maximum absolute atomic E-state index is 12.6. The molecule has 1 saturated heterocycles. The third-order valence-corrected chi connectivity index (χ3v) is 4.86. The van der Waals surface area contributed by atoms with Crippen molar-refractivity contribution in [2.45, 2.75) is 44.9 Å². The maximum Gasteiger partial charge on any atom is 0.435 e. The van der Waals surface area contributed by atoms with Gasteiger partial charge in [0.25, 0.3) is 0 Å². The number of alkyl halides is 3. The van der Waals surface area contributed by atoms with Gasteiger partial charge in [0.15, 0.2) is 5.69 Å². The fourth-order valence-corrected chi connectivity index (χ4v) is 3.24. The highest BCUT2D eigenvalue weighted by atomic mass is 19.4. The van der Waals surface area contributed by atoms with E-state index in [0.717, 1.165) is 38.5 Å². The molecule has 1 saturated carbocycles. The van der Waals surface area contributed by atoms with Gasteiger partial charge in [-0.25, -0.2) is 4.79 Å². The topological polar surface area (TPSA) is 68.2 Å². The van der Waals surface area contributed by atoms with Crippen LogP contribution in [0.15, 0.2) is 6.07 Å². The number of aryl methyl sites for hydroxylation is 1. The summed E-state index contributed by atoms with van der Waals surface area (Å²) in [4.78, 5) is 11.9. The largest absolute Gasteiger partial charge is 0.435 e. The van der Waals surface area contributed by atoms with Crippen LogP contribution in [0, 0.1) is 12.3 Å². The molecule has 2 heterocycles. The average Bonchev–Trinajstić information content (AvgIpc) is 2.98. The van der Waals surface area contributed by atoms with E-state index in [0.29, 0.717) is 5.69 Å². The second kappa shape index (κ2) is 6.27. The van der Waals surface area contributed by atoms with E-state index in [1.807, 2.05) is 0 Å². The van der Waals surface area contributed by atoms with E-state index < -0.39 is 11.9 Å². The van der Waals surface area contributed by atoms with Crippen molar-refractivity contribution in [3.63, 3.8) is 0 Å². The molecule has 1 aromatic rings. The lowest BCUT2D eigenvalue weighted by Gasteiger charge is -2.22. The first-order chi connectivity index (χ1) is 11.3. The Bertz CT molecular complexity index is 608. The maximum atomic E-state index is 12.6. The molecule has 1 aliphatic carbocycles. The standard InChI is InChI=1S/C15H21F3N4O2/c1-10-8-11(15(16,17)18)21-22(10)5-4-19-13(23)20-12-9-14(12)2-6-24-7-3-14/h8,12H,2-7,9H2,1H3,(H2,19,20,23). The smallest absolute Gasteiger partial charge is 0.381 e. The lowest BCUT2D eigenvalue weighted by atomic mass is 9.96. The van der Waals surface area contributed by atoms with Gasteiger partial charge in [-0.2, -0.15) is 18.3 Å². The molecule has 1 aromatic heterocycles. The summed E-state index contributed by atoms with van der Waals surface area (Å²) in [5, 5.41) is 9.13. The number of hydrogen-bond donors (Lipinski definition) is 2. The first-order valence-corrected chi connectivity index (χ1v) is 8.04. The molecular formula is C15H21F3N4O2. The van der Waals surface area contributed by atoms with Crippen LogP contribution in [0.4, 0.5) is 18.0 Å². The molecule has 1 spiro atoms. The van der Waals surface area contributed by atoms with Crippen molar-refractivity contribution in [2.75, 3.05) is 19.8 Å². The highest BCUT2D eigenvalue weighted by molar-refractivity contribution is 5.74. The van der Waals surface area contributed by atoms with Crippen LogP contribution in [0.5, 0.6) is 0 Å². The summed E-state index contributed by atoms with van der Waals surface area (Å²) in [5.41, 5.74) is -0.313. The van der Waals surface area contributed by atoms with Crippen molar-refractivity contribution < 1.29 is 22.7 Å². The Morgan fingerprint density at radius 1 is 1.46 bits per heavy atom. The van der Waals surface area contributed by atoms with Crippen LogP contribution in [0.2, 0.25) is 0 Å². The number of urea groups is 1. The van der Waals surface area contributed by atoms with Crippen LogP contribution >= 0.6 is 0 Å². The summed E-state index contributed by atoms with van der Waals surface area (Å²) in [7, 11) is 0. The molecule has 1 unspecified atom stereocenters. The molecule has 2 amide bonds. The zero-order chi connectivity index (χ0) is 17.4. The second-order valence-corrected chi connectivity index (χ2v) is 6.52. The molecular weight excluding hydrogens is 325 g/mol. The molecule has 6 nitrogen and oxygen atoms in total. The first kappa shape index (κ1) is 17.1. The Hall–Kier alpha value is -1.77. The van der Waals surface area contributed by atoms with Gasteiger partial charge in [-0.1, -0.05) is 0 Å². The fraction of sp³-hybridized carbons (Fsp3) is 0.733. The molecule has 2 aliphatic rings. The Kier molecular flexibility index (Phi) is 4.46. The number of aromatic nitrogens is 2. The summed E-state index contributed by atoms with van der Waals surface area (Å²) >= 11 is 0. The van der Waals surface area contributed by atoms with Crippen LogP contribution in [0.3, 0.4) is 0 Å². The first-order valence-electron chi connectivity index (χ1n) is 8.04. The normalized spacial score (nSPS) is 22.4. The van der Waals surface area contributed by atoms with Gasteiger partial charge in [0.1, 0.15) is 0 Å². The van der Waals surface area contributed by atoms with Crippen LogP contribution in [0.25, 0.3) is 0 Å². The summed E-state index contributed by atoms with van der Waals surface area (Å²) in [6.07, 6.45) is -1.56. The van der Waals surface area contributed by atoms with E-state index in [4.69, 9.17) is 4.74 Å². The number of rotatable bonds is 4. The van der Waals surface area contributed by atoms with Gasteiger partial charge < -0.3 is 15.4 Å². The van der Waals surface area contributed by atoms with Gasteiger partial charge in [0.2, 0.25) is 0 Å². The van der Waals surface area contributed by atoms with Crippen molar-refractivity contribution in [1.29, 1.82) is 0 Å². The quantitative estimate of drug-likeness (QED) is 0.877. The highest BCUT2D eigenvalue weighted by Gasteiger charge is 2.55. The molecule has 0 bridgehead atoms. The van der Waals surface area contributed by atoms with E-state index >= 15 is 0 Å². The third kappa shape index (κ3) is 3.66. The molecule has 0 radical (unpaired) electrons. The van der Waals surface area contributed by atoms with Gasteiger partial charge in [-0.05, 0) is 37.7 Å². The SMILES string of the molecule is Cc1cc(C(F)(F)F)nn1CCNC(=O)NC1CC12CCOCC2. The molecule has 0 aromatic carbocycles. The predicted octanol–water partition coefficient (Wildman–Crippen LogP) is 2.08. The summed E-state index contributed by atoms with van der Waals surface area (Å²) in [5.74, 6) is 0. The highest BCUT2D eigenvalue weighted by Crippen LogP contribution is 2.53. The number of nitrogens with one attached hydrogen (secondary N) is 2. The van der Waals surface area contributed by atoms with Crippen LogP contribution in [-0.2, 0) is 17.5 Å². The number of halogens is 3. The molecule has 134 valence electrons. The van der Waals surface area contributed by atoms with Gasteiger partial charge in [0, 0.05) is 31.5 Å². The molecule has 2 N–H and O–H groups in total. The third-order valence-electron chi connectivity index (χ3n) is 4.86. The number of amides is 2. The van der Waals surface area contributed by atoms with Crippen molar-refractivity contribution in [3.8, 4) is 0 Å². The van der Waals surface area contributed by atoms with Crippen LogP contribution in [0.1, 0.15) is 30.7 Å². The van der Waals surface area contributed by atoms with Crippen molar-refractivity contribution in [1.82, 2.24) is 20.4 Å². The second-order valence-electron chi connectivity index (χ2n) is 6.52. The minimum atomic E-state index is -4.45. The number of carbonyl (C=O) groups excluding carboxylic acids is 1. The molecule has 1 atom stereocenters. The van der Waals surface area contributed by atoms with E-state index in [1.54, 1.807) is 6.92 Å². The lowest BCUT2D eigenvalue weighted by Crippen LogP contribution is -2.41. The number of ether oxygens (including phenoxy) is 1. The van der Waals surface area contributed by atoms with E-state index in [2.05, 4.69) is 15.7 Å².